The highest BCUT2D eigenvalue weighted by molar-refractivity contribution is 6.29. The van der Waals surface area contributed by atoms with E-state index >= 15 is 0 Å². The smallest absolute Gasteiger partial charge is 0.228 e. The van der Waals surface area contributed by atoms with Crippen molar-refractivity contribution in [3.8, 4) is 0 Å². The van der Waals surface area contributed by atoms with Crippen LogP contribution in [0.5, 0.6) is 0 Å². The van der Waals surface area contributed by atoms with E-state index in [1.807, 2.05) is 6.92 Å². The molecule has 1 aromatic heterocycles. The topological polar surface area (TPSA) is 59.2 Å². The molecule has 2 heterocycles. The molecule has 1 fully saturated rings. The fraction of sp³-hybridized carbons (Fsp3) is 0.400. The second kappa shape index (κ2) is 3.79. The average molecular weight is 226 g/mol. The van der Waals surface area contributed by atoms with Crippen LogP contribution in [0.25, 0.3) is 0 Å². The summed E-state index contributed by atoms with van der Waals surface area (Å²) in [4.78, 5) is 17.4. The van der Waals surface area contributed by atoms with Crippen LogP contribution < -0.4 is 10.6 Å². The molecule has 1 amide bonds. The van der Waals surface area contributed by atoms with Crippen molar-refractivity contribution < 1.29 is 4.79 Å². The van der Waals surface area contributed by atoms with Crippen LogP contribution >= 0.6 is 11.6 Å². The van der Waals surface area contributed by atoms with Crippen molar-refractivity contribution in [1.29, 1.82) is 0 Å². The largest absolute Gasteiger partial charge is 0.326 e. The zero-order chi connectivity index (χ0) is 11.0. The Bertz CT molecular complexity index is 408. The maximum atomic E-state index is 11.6. The van der Waals surface area contributed by atoms with E-state index in [2.05, 4.69) is 4.98 Å². The zero-order valence-corrected chi connectivity index (χ0v) is 9.16. The average Bonchev–Trinajstić information content (AvgIpc) is 2.45. The first-order chi connectivity index (χ1) is 7.08. The predicted octanol–water partition coefficient (Wildman–Crippen LogP) is 1.11. The fourth-order valence-electron chi connectivity index (χ4n) is 1.78. The third-order valence-electron chi connectivity index (χ3n) is 2.47. The van der Waals surface area contributed by atoms with Gasteiger partial charge in [0.2, 0.25) is 5.91 Å². The van der Waals surface area contributed by atoms with Gasteiger partial charge in [0.15, 0.2) is 0 Å². The van der Waals surface area contributed by atoms with Gasteiger partial charge in [0.25, 0.3) is 0 Å². The summed E-state index contributed by atoms with van der Waals surface area (Å²) in [5, 5.41) is 0.437. The van der Waals surface area contributed by atoms with Gasteiger partial charge in [-0.05, 0) is 19.1 Å². The summed E-state index contributed by atoms with van der Waals surface area (Å²) in [6.07, 6.45) is 0.405. The van der Waals surface area contributed by atoms with E-state index in [4.69, 9.17) is 17.3 Å². The number of hydrogen-bond donors (Lipinski definition) is 1. The fourth-order valence-corrected chi connectivity index (χ4v) is 1.97. The molecule has 1 aliphatic heterocycles. The van der Waals surface area contributed by atoms with Crippen molar-refractivity contribution in [2.24, 2.45) is 5.73 Å². The maximum Gasteiger partial charge on any atom is 0.228 e. The number of carbonyl (C=O) groups excluding carboxylic acids is 1. The lowest BCUT2D eigenvalue weighted by atomic mass is 10.3. The molecule has 4 nitrogen and oxygen atoms in total. The Morgan fingerprint density at radius 1 is 1.60 bits per heavy atom. The molecule has 15 heavy (non-hydrogen) atoms. The number of pyridine rings is 1. The Labute approximate surface area is 93.0 Å². The number of aryl methyl sites for hydroxylation is 1. The molecule has 80 valence electrons. The minimum atomic E-state index is -0.0763. The Kier molecular flexibility index (Phi) is 2.63. The number of carbonyl (C=O) groups is 1. The van der Waals surface area contributed by atoms with E-state index in [1.165, 1.54) is 0 Å². The highest BCUT2D eigenvalue weighted by Gasteiger charge is 2.29. The van der Waals surface area contributed by atoms with Gasteiger partial charge in [-0.1, -0.05) is 11.6 Å². The molecule has 0 radical (unpaired) electrons. The van der Waals surface area contributed by atoms with Crippen molar-refractivity contribution >= 4 is 23.2 Å². The number of anilines is 1. The Morgan fingerprint density at radius 2 is 2.33 bits per heavy atom. The summed E-state index contributed by atoms with van der Waals surface area (Å²) in [6, 6.07) is 3.41. The van der Waals surface area contributed by atoms with Crippen molar-refractivity contribution in [2.45, 2.75) is 19.4 Å². The molecule has 0 aromatic carbocycles. The summed E-state index contributed by atoms with van der Waals surface area (Å²) in [6.45, 7) is 2.39. The minimum absolute atomic E-state index is 0.0507. The van der Waals surface area contributed by atoms with Crippen LogP contribution in [0.1, 0.15) is 12.1 Å². The number of halogens is 1. The first-order valence-electron chi connectivity index (χ1n) is 4.77. The van der Waals surface area contributed by atoms with Crippen LogP contribution in [-0.4, -0.2) is 23.5 Å². The van der Waals surface area contributed by atoms with E-state index in [9.17, 15) is 4.79 Å². The van der Waals surface area contributed by atoms with Crippen LogP contribution in [0.4, 0.5) is 5.69 Å². The van der Waals surface area contributed by atoms with Crippen molar-refractivity contribution in [1.82, 2.24) is 4.98 Å². The quantitative estimate of drug-likeness (QED) is 0.729. The van der Waals surface area contributed by atoms with Gasteiger partial charge < -0.3 is 10.6 Å². The van der Waals surface area contributed by atoms with E-state index in [1.54, 1.807) is 17.0 Å². The van der Waals surface area contributed by atoms with Crippen molar-refractivity contribution in [3.63, 3.8) is 0 Å². The van der Waals surface area contributed by atoms with Gasteiger partial charge >= 0.3 is 0 Å². The monoisotopic (exact) mass is 225 g/mol. The normalized spacial score (nSPS) is 21.1. The number of hydrogen-bond acceptors (Lipinski definition) is 3. The lowest BCUT2D eigenvalue weighted by molar-refractivity contribution is -0.117. The summed E-state index contributed by atoms with van der Waals surface area (Å²) in [5.41, 5.74) is 7.28. The number of aromatic nitrogens is 1. The number of amides is 1. The molecule has 0 aliphatic carbocycles. The first kappa shape index (κ1) is 10.4. The van der Waals surface area contributed by atoms with E-state index in [0.29, 0.717) is 18.1 Å². The zero-order valence-electron chi connectivity index (χ0n) is 8.40. The van der Waals surface area contributed by atoms with Gasteiger partial charge in [0.1, 0.15) is 5.15 Å². The Balaban J connectivity index is 2.34. The van der Waals surface area contributed by atoms with Gasteiger partial charge in [0.05, 0.1) is 11.4 Å². The summed E-state index contributed by atoms with van der Waals surface area (Å²) in [5.74, 6) is 0.0507. The Morgan fingerprint density at radius 3 is 2.87 bits per heavy atom. The van der Waals surface area contributed by atoms with E-state index in [-0.39, 0.29) is 11.9 Å². The Hall–Kier alpha value is -1.13. The maximum absolute atomic E-state index is 11.6. The molecule has 1 unspecified atom stereocenters. The van der Waals surface area contributed by atoms with Crippen LogP contribution in [0.15, 0.2) is 12.1 Å². The number of nitrogens with two attached hydrogens (primary N) is 1. The van der Waals surface area contributed by atoms with Crippen molar-refractivity contribution in [3.05, 3.63) is 23.0 Å². The number of rotatable bonds is 1. The molecule has 2 N–H and O–H groups in total. The molecule has 0 spiro atoms. The second-order valence-electron chi connectivity index (χ2n) is 3.71. The first-order valence-corrected chi connectivity index (χ1v) is 5.15. The molecular formula is C10H12ClN3O. The molecule has 0 bridgehead atoms. The molecule has 0 saturated carbocycles. The lowest BCUT2D eigenvalue weighted by Gasteiger charge is -2.17. The molecule has 1 aromatic rings. The standard InChI is InChI=1S/C10H12ClN3O/c1-6-8(2-3-9(11)13-6)14-5-7(12)4-10(14)15/h2-3,7H,4-5,12H2,1H3. The van der Waals surface area contributed by atoms with Gasteiger partial charge in [-0.3, -0.25) is 4.79 Å². The molecular weight excluding hydrogens is 214 g/mol. The molecule has 5 heteroatoms. The highest BCUT2D eigenvalue weighted by atomic mass is 35.5. The SMILES string of the molecule is Cc1nc(Cl)ccc1N1CC(N)CC1=O. The molecule has 1 aliphatic rings. The molecule has 1 atom stereocenters. The van der Waals surface area contributed by atoms with Crippen LogP contribution in [0.2, 0.25) is 5.15 Å². The van der Waals surface area contributed by atoms with Crippen LogP contribution in [0.3, 0.4) is 0 Å². The highest BCUT2D eigenvalue weighted by Crippen LogP contribution is 2.24. The van der Waals surface area contributed by atoms with Crippen molar-refractivity contribution in [2.75, 3.05) is 11.4 Å². The summed E-state index contributed by atoms with van der Waals surface area (Å²) < 4.78 is 0. The van der Waals surface area contributed by atoms with Gasteiger partial charge in [-0.25, -0.2) is 4.98 Å². The summed E-state index contributed by atoms with van der Waals surface area (Å²) >= 11 is 5.75. The van der Waals surface area contributed by atoms with Crippen LogP contribution in [-0.2, 0) is 4.79 Å². The predicted molar refractivity (Wildman–Crippen MR) is 58.9 cm³/mol. The van der Waals surface area contributed by atoms with Gasteiger partial charge in [-0.15, -0.1) is 0 Å². The van der Waals surface area contributed by atoms with E-state index in [0.717, 1.165) is 11.4 Å². The lowest BCUT2D eigenvalue weighted by Crippen LogP contribution is -2.28. The molecule has 1 saturated heterocycles. The third-order valence-corrected chi connectivity index (χ3v) is 2.68. The molecule has 2 rings (SSSR count). The van der Waals surface area contributed by atoms with Crippen LogP contribution in [0, 0.1) is 6.92 Å². The second-order valence-corrected chi connectivity index (χ2v) is 4.09. The minimum Gasteiger partial charge on any atom is -0.326 e. The number of nitrogens with zero attached hydrogens (tertiary/aromatic N) is 2. The van der Waals surface area contributed by atoms with E-state index < -0.39 is 0 Å². The third kappa shape index (κ3) is 1.96. The summed E-state index contributed by atoms with van der Waals surface area (Å²) in [7, 11) is 0. The van der Waals surface area contributed by atoms with Gasteiger partial charge in [-0.2, -0.15) is 0 Å². The van der Waals surface area contributed by atoms with Gasteiger partial charge in [0, 0.05) is 19.0 Å².